The van der Waals surface area contributed by atoms with Crippen LogP contribution in [0.25, 0.3) is 0 Å². The van der Waals surface area contributed by atoms with Gasteiger partial charge in [0.15, 0.2) is 11.6 Å². The van der Waals surface area contributed by atoms with Crippen molar-refractivity contribution in [3.8, 4) is 5.75 Å². The Hall–Kier alpha value is -2.04. The lowest BCUT2D eigenvalue weighted by Crippen LogP contribution is -2.41. The van der Waals surface area contributed by atoms with E-state index in [4.69, 9.17) is 9.47 Å². The minimum atomic E-state index is -0.550. The van der Waals surface area contributed by atoms with E-state index in [9.17, 15) is 14.0 Å². The number of amides is 2. The molecule has 2 saturated heterocycles. The normalized spacial score (nSPS) is 20.1. The molecule has 154 valence electrons. The van der Waals surface area contributed by atoms with Crippen LogP contribution >= 0.6 is 11.8 Å². The van der Waals surface area contributed by atoms with Crippen LogP contribution < -0.4 is 20.5 Å². The van der Waals surface area contributed by atoms with Gasteiger partial charge in [-0.3, -0.25) is 20.0 Å². The van der Waals surface area contributed by atoms with Crippen LogP contribution in [0, 0.1) is 5.82 Å². The van der Waals surface area contributed by atoms with Crippen molar-refractivity contribution < 1.29 is 23.5 Å². The van der Waals surface area contributed by atoms with Crippen LogP contribution in [0.5, 0.6) is 5.75 Å². The Labute approximate surface area is 167 Å². The molecule has 0 saturated carbocycles. The van der Waals surface area contributed by atoms with E-state index in [-0.39, 0.29) is 24.7 Å². The molecule has 2 heterocycles. The molecule has 3 rings (SSSR count). The Morgan fingerprint density at radius 2 is 2.18 bits per heavy atom. The minimum absolute atomic E-state index is 0.173. The molecule has 2 aliphatic heterocycles. The summed E-state index contributed by atoms with van der Waals surface area (Å²) in [5.41, 5.74) is 5.52. The van der Waals surface area contributed by atoms with Crippen molar-refractivity contribution in [3.63, 3.8) is 0 Å². The monoisotopic (exact) mass is 412 g/mol. The molecule has 1 atom stereocenters. The Morgan fingerprint density at radius 3 is 2.89 bits per heavy atom. The number of rotatable bonds is 8. The summed E-state index contributed by atoms with van der Waals surface area (Å²) in [6.45, 7) is 5.15. The zero-order valence-corrected chi connectivity index (χ0v) is 16.6. The molecule has 1 aromatic carbocycles. The lowest BCUT2D eigenvalue weighted by atomic mass is 10.2. The molecule has 2 amide bonds. The zero-order valence-electron chi connectivity index (χ0n) is 15.8. The highest BCUT2D eigenvalue weighted by atomic mass is 32.2. The summed E-state index contributed by atoms with van der Waals surface area (Å²) < 4.78 is 25.2. The van der Waals surface area contributed by atoms with Gasteiger partial charge in [0.25, 0.3) is 0 Å². The van der Waals surface area contributed by atoms with E-state index in [1.807, 2.05) is 11.8 Å². The SMILES string of the molecule is CC(=O)NNC[C@H]1CN(c2ccc(OCCN3CCSCC3)c(F)c2)C(=O)O1. The lowest BCUT2D eigenvalue weighted by molar-refractivity contribution is -0.120. The molecule has 2 fully saturated rings. The molecule has 0 aromatic heterocycles. The third kappa shape index (κ3) is 5.73. The van der Waals surface area contributed by atoms with Crippen LogP contribution in [0.4, 0.5) is 14.9 Å². The maximum atomic E-state index is 14.4. The van der Waals surface area contributed by atoms with Crippen LogP contribution in [-0.4, -0.2) is 73.8 Å². The van der Waals surface area contributed by atoms with E-state index < -0.39 is 18.0 Å². The molecule has 8 nitrogen and oxygen atoms in total. The van der Waals surface area contributed by atoms with Crippen LogP contribution in [0.15, 0.2) is 18.2 Å². The molecule has 0 unspecified atom stereocenters. The van der Waals surface area contributed by atoms with Gasteiger partial charge in [-0.1, -0.05) is 0 Å². The van der Waals surface area contributed by atoms with Gasteiger partial charge in [-0.25, -0.2) is 14.6 Å². The molecule has 0 radical (unpaired) electrons. The van der Waals surface area contributed by atoms with Gasteiger partial charge in [0, 0.05) is 44.1 Å². The highest BCUT2D eigenvalue weighted by Crippen LogP contribution is 2.27. The first kappa shape index (κ1) is 20.7. The highest BCUT2D eigenvalue weighted by molar-refractivity contribution is 7.99. The van der Waals surface area contributed by atoms with Gasteiger partial charge in [-0.05, 0) is 12.1 Å². The zero-order chi connectivity index (χ0) is 19.9. The van der Waals surface area contributed by atoms with E-state index in [0.717, 1.165) is 31.1 Å². The fraction of sp³-hybridized carbons (Fsp3) is 0.556. The molecular formula is C18H25FN4O4S. The summed E-state index contributed by atoms with van der Waals surface area (Å²) in [5, 5.41) is 0. The summed E-state index contributed by atoms with van der Waals surface area (Å²) in [6.07, 6.45) is -0.994. The van der Waals surface area contributed by atoms with Gasteiger partial charge in [0.05, 0.1) is 18.8 Å². The Balaban J connectivity index is 1.50. The Bertz CT molecular complexity index is 702. The van der Waals surface area contributed by atoms with E-state index in [1.54, 1.807) is 6.07 Å². The number of hydrazine groups is 1. The second-order valence-electron chi connectivity index (χ2n) is 6.60. The third-order valence-corrected chi connectivity index (χ3v) is 5.41. The second kappa shape index (κ2) is 9.94. The Morgan fingerprint density at radius 1 is 1.39 bits per heavy atom. The van der Waals surface area contributed by atoms with Crippen molar-refractivity contribution in [2.75, 3.05) is 55.7 Å². The number of benzene rings is 1. The van der Waals surface area contributed by atoms with Crippen LogP contribution in [0.3, 0.4) is 0 Å². The molecule has 0 bridgehead atoms. The number of halogens is 1. The maximum Gasteiger partial charge on any atom is 0.414 e. The number of thioether (sulfide) groups is 1. The van der Waals surface area contributed by atoms with E-state index in [2.05, 4.69) is 15.8 Å². The molecule has 0 spiro atoms. The predicted molar refractivity (Wildman–Crippen MR) is 105 cm³/mol. The molecule has 0 aliphatic carbocycles. The lowest BCUT2D eigenvalue weighted by Gasteiger charge is -2.25. The summed E-state index contributed by atoms with van der Waals surface area (Å²) in [5.74, 6) is 1.66. The third-order valence-electron chi connectivity index (χ3n) is 4.46. The number of nitrogens with zero attached hydrogens (tertiary/aromatic N) is 2. The van der Waals surface area contributed by atoms with Gasteiger partial charge < -0.3 is 9.47 Å². The fourth-order valence-electron chi connectivity index (χ4n) is 3.01. The average Bonchev–Trinajstić information content (AvgIpc) is 3.04. The Kier molecular flexibility index (Phi) is 7.35. The standard InChI is InChI=1S/C18H25FN4O4S/c1-13(24)21-20-11-15-12-23(18(25)27-15)14-2-3-17(16(19)10-14)26-7-4-22-5-8-28-9-6-22/h2-3,10,15,20H,4-9,11-12H2,1H3,(H,21,24)/t15-/m0/s1. The van der Waals surface area contributed by atoms with Crippen molar-refractivity contribution in [1.82, 2.24) is 15.8 Å². The summed E-state index contributed by atoms with van der Waals surface area (Å²) in [7, 11) is 0. The van der Waals surface area contributed by atoms with E-state index >= 15 is 0 Å². The van der Waals surface area contributed by atoms with Crippen molar-refractivity contribution >= 4 is 29.4 Å². The summed E-state index contributed by atoms with van der Waals surface area (Å²) in [6, 6.07) is 4.45. The largest absolute Gasteiger partial charge is 0.489 e. The van der Waals surface area contributed by atoms with E-state index in [0.29, 0.717) is 12.3 Å². The number of carbonyl (C=O) groups excluding carboxylic acids is 2. The van der Waals surface area contributed by atoms with Crippen molar-refractivity contribution in [3.05, 3.63) is 24.0 Å². The smallest absolute Gasteiger partial charge is 0.414 e. The number of anilines is 1. The average molecular weight is 412 g/mol. The van der Waals surface area contributed by atoms with Crippen LogP contribution in [-0.2, 0) is 9.53 Å². The quantitative estimate of drug-likeness (QED) is 0.621. The summed E-state index contributed by atoms with van der Waals surface area (Å²) >= 11 is 1.94. The molecule has 2 N–H and O–H groups in total. The molecule has 1 aromatic rings. The molecule has 2 aliphatic rings. The number of carbonyl (C=O) groups is 2. The first-order valence-electron chi connectivity index (χ1n) is 9.23. The highest BCUT2D eigenvalue weighted by Gasteiger charge is 2.32. The van der Waals surface area contributed by atoms with Gasteiger partial charge in [-0.2, -0.15) is 11.8 Å². The van der Waals surface area contributed by atoms with Gasteiger partial charge in [0.1, 0.15) is 12.7 Å². The van der Waals surface area contributed by atoms with Gasteiger partial charge >= 0.3 is 6.09 Å². The first-order chi connectivity index (χ1) is 13.5. The maximum absolute atomic E-state index is 14.4. The molecule has 10 heteroatoms. The van der Waals surface area contributed by atoms with Crippen molar-refractivity contribution in [2.24, 2.45) is 0 Å². The molecule has 28 heavy (non-hydrogen) atoms. The number of nitrogens with one attached hydrogen (secondary N) is 2. The number of hydrogen-bond acceptors (Lipinski definition) is 7. The van der Waals surface area contributed by atoms with Gasteiger partial charge in [0.2, 0.25) is 5.91 Å². The predicted octanol–water partition coefficient (Wildman–Crippen LogP) is 1.22. The number of cyclic esters (lactones) is 1. The minimum Gasteiger partial charge on any atom is -0.489 e. The van der Waals surface area contributed by atoms with Crippen LogP contribution in [0.1, 0.15) is 6.92 Å². The summed E-state index contributed by atoms with van der Waals surface area (Å²) in [4.78, 5) is 26.6. The van der Waals surface area contributed by atoms with Crippen LogP contribution in [0.2, 0.25) is 0 Å². The topological polar surface area (TPSA) is 83.1 Å². The number of hydrogen-bond donors (Lipinski definition) is 2. The number of ether oxygens (including phenoxy) is 2. The second-order valence-corrected chi connectivity index (χ2v) is 7.82. The van der Waals surface area contributed by atoms with Gasteiger partial charge in [-0.15, -0.1) is 0 Å². The van der Waals surface area contributed by atoms with Crippen molar-refractivity contribution in [2.45, 2.75) is 13.0 Å². The van der Waals surface area contributed by atoms with Crippen molar-refractivity contribution in [1.29, 1.82) is 0 Å². The van der Waals surface area contributed by atoms with E-state index in [1.165, 1.54) is 24.0 Å². The molecular weight excluding hydrogens is 387 g/mol. The first-order valence-corrected chi connectivity index (χ1v) is 10.4. The fourth-order valence-corrected chi connectivity index (χ4v) is 3.99.